The lowest BCUT2D eigenvalue weighted by atomic mass is 9.86. The lowest BCUT2D eigenvalue weighted by molar-refractivity contribution is 0.407. The molecule has 4 heteroatoms. The van der Waals surface area contributed by atoms with Crippen LogP contribution in [0.15, 0.2) is 42.7 Å². The minimum absolute atomic E-state index is 0.180. The molecule has 2 aromatic rings. The molecular formula is C17H24N4. The fraction of sp³-hybridized carbons (Fsp3) is 0.471. The third kappa shape index (κ3) is 2.74. The highest BCUT2D eigenvalue weighted by Crippen LogP contribution is 2.51. The number of hydrazine groups is 1. The van der Waals surface area contributed by atoms with Gasteiger partial charge in [-0.2, -0.15) is 0 Å². The Morgan fingerprint density at radius 2 is 2.10 bits per heavy atom. The van der Waals surface area contributed by atoms with E-state index in [1.54, 1.807) is 0 Å². The van der Waals surface area contributed by atoms with Gasteiger partial charge in [0.05, 0.1) is 0 Å². The first-order valence-electron chi connectivity index (χ1n) is 7.82. The van der Waals surface area contributed by atoms with E-state index in [9.17, 15) is 0 Å². The summed E-state index contributed by atoms with van der Waals surface area (Å²) in [5, 5.41) is 0. The van der Waals surface area contributed by atoms with Crippen LogP contribution in [-0.2, 0) is 18.4 Å². The molecule has 1 aliphatic carbocycles. The van der Waals surface area contributed by atoms with E-state index in [2.05, 4.69) is 58.4 Å². The van der Waals surface area contributed by atoms with Crippen LogP contribution in [0, 0.1) is 0 Å². The van der Waals surface area contributed by atoms with Crippen molar-refractivity contribution in [1.82, 2.24) is 15.0 Å². The van der Waals surface area contributed by atoms with E-state index in [0.717, 1.165) is 25.2 Å². The second-order valence-corrected chi connectivity index (χ2v) is 5.98. The maximum Gasteiger partial charge on any atom is 0.110 e. The van der Waals surface area contributed by atoms with Gasteiger partial charge in [0.25, 0.3) is 0 Å². The van der Waals surface area contributed by atoms with Crippen LogP contribution < -0.4 is 11.3 Å². The molecule has 1 aromatic heterocycles. The Balaban J connectivity index is 1.81. The summed E-state index contributed by atoms with van der Waals surface area (Å²) in [6.07, 6.45) is 8.34. The van der Waals surface area contributed by atoms with E-state index in [1.807, 2.05) is 6.20 Å². The first kappa shape index (κ1) is 14.3. The number of nitrogens with zero attached hydrogens (tertiary/aromatic N) is 2. The third-order valence-corrected chi connectivity index (χ3v) is 4.66. The van der Waals surface area contributed by atoms with E-state index in [4.69, 9.17) is 5.84 Å². The zero-order chi connectivity index (χ0) is 14.7. The number of aryl methyl sites for hydroxylation is 1. The van der Waals surface area contributed by atoms with Gasteiger partial charge in [0.15, 0.2) is 0 Å². The minimum Gasteiger partial charge on any atom is -0.335 e. The number of nitrogens with one attached hydrogen (secondary N) is 1. The summed E-state index contributed by atoms with van der Waals surface area (Å²) in [7, 11) is 0. The predicted molar refractivity (Wildman–Crippen MR) is 84.7 cm³/mol. The second kappa shape index (κ2) is 6.00. The fourth-order valence-electron chi connectivity index (χ4n) is 3.31. The molecule has 0 bridgehead atoms. The standard InChI is InChI=1S/C17H24N4/c1-2-11-21-12-10-19-16(21)13-15(20-18)17(8-9-17)14-6-4-3-5-7-14/h3-7,10,12,15,20H,2,8-9,11,13,18H2,1H3. The van der Waals surface area contributed by atoms with Gasteiger partial charge in [-0.25, -0.2) is 4.98 Å². The van der Waals surface area contributed by atoms with E-state index >= 15 is 0 Å². The monoisotopic (exact) mass is 284 g/mol. The molecule has 1 atom stereocenters. The van der Waals surface area contributed by atoms with Crippen molar-refractivity contribution in [2.45, 2.75) is 50.6 Å². The highest BCUT2D eigenvalue weighted by molar-refractivity contribution is 5.34. The normalized spacial score (nSPS) is 17.6. The smallest absolute Gasteiger partial charge is 0.110 e. The Morgan fingerprint density at radius 1 is 1.33 bits per heavy atom. The Kier molecular flexibility index (Phi) is 4.08. The third-order valence-electron chi connectivity index (χ3n) is 4.66. The second-order valence-electron chi connectivity index (χ2n) is 5.98. The molecule has 0 saturated heterocycles. The van der Waals surface area contributed by atoms with Crippen molar-refractivity contribution < 1.29 is 0 Å². The lowest BCUT2D eigenvalue weighted by Crippen LogP contribution is -2.46. The van der Waals surface area contributed by atoms with Crippen LogP contribution in [0.4, 0.5) is 0 Å². The number of hydrogen-bond donors (Lipinski definition) is 2. The number of benzene rings is 1. The van der Waals surface area contributed by atoms with Gasteiger partial charge < -0.3 is 4.57 Å². The zero-order valence-corrected chi connectivity index (χ0v) is 12.6. The van der Waals surface area contributed by atoms with Crippen LogP contribution in [0.25, 0.3) is 0 Å². The van der Waals surface area contributed by atoms with Crippen LogP contribution in [0.3, 0.4) is 0 Å². The van der Waals surface area contributed by atoms with Crippen molar-refractivity contribution in [2.24, 2.45) is 5.84 Å². The molecule has 4 nitrogen and oxygen atoms in total. The summed E-state index contributed by atoms with van der Waals surface area (Å²) in [5.74, 6) is 7.02. The molecule has 1 aliphatic rings. The topological polar surface area (TPSA) is 55.9 Å². The van der Waals surface area contributed by atoms with Gasteiger partial charge in [0.2, 0.25) is 0 Å². The Morgan fingerprint density at radius 3 is 2.71 bits per heavy atom. The zero-order valence-electron chi connectivity index (χ0n) is 12.6. The van der Waals surface area contributed by atoms with Crippen molar-refractivity contribution in [3.05, 3.63) is 54.1 Å². The minimum atomic E-state index is 0.180. The van der Waals surface area contributed by atoms with Gasteiger partial charge in [-0.15, -0.1) is 0 Å². The molecule has 0 spiro atoms. The summed E-state index contributed by atoms with van der Waals surface area (Å²) in [6, 6.07) is 11.0. The first-order valence-corrected chi connectivity index (χ1v) is 7.82. The van der Waals surface area contributed by atoms with Gasteiger partial charge in [0, 0.05) is 36.8 Å². The largest absolute Gasteiger partial charge is 0.335 e. The average Bonchev–Trinajstić information content (AvgIpc) is 3.22. The molecule has 1 saturated carbocycles. The molecule has 112 valence electrons. The van der Waals surface area contributed by atoms with Crippen LogP contribution in [0.2, 0.25) is 0 Å². The number of aromatic nitrogens is 2. The molecule has 1 unspecified atom stereocenters. The average molecular weight is 284 g/mol. The van der Waals surface area contributed by atoms with Gasteiger partial charge in [-0.3, -0.25) is 11.3 Å². The Labute approximate surface area is 126 Å². The Bertz CT molecular complexity index is 571. The number of nitrogens with two attached hydrogens (primary N) is 1. The number of rotatable bonds is 7. The fourth-order valence-corrected chi connectivity index (χ4v) is 3.31. The van der Waals surface area contributed by atoms with Crippen molar-refractivity contribution >= 4 is 0 Å². The molecule has 0 aliphatic heterocycles. The van der Waals surface area contributed by atoms with E-state index in [0.29, 0.717) is 0 Å². The molecule has 0 amide bonds. The van der Waals surface area contributed by atoms with E-state index < -0.39 is 0 Å². The highest BCUT2D eigenvalue weighted by Gasteiger charge is 2.50. The van der Waals surface area contributed by atoms with Crippen LogP contribution in [0.5, 0.6) is 0 Å². The summed E-state index contributed by atoms with van der Waals surface area (Å²) < 4.78 is 2.24. The summed E-state index contributed by atoms with van der Waals surface area (Å²) >= 11 is 0. The molecule has 1 heterocycles. The summed E-state index contributed by atoms with van der Waals surface area (Å²) in [5.41, 5.74) is 4.63. The lowest BCUT2D eigenvalue weighted by Gasteiger charge is -2.27. The highest BCUT2D eigenvalue weighted by atomic mass is 15.2. The number of hydrogen-bond acceptors (Lipinski definition) is 3. The van der Waals surface area contributed by atoms with Gasteiger partial charge >= 0.3 is 0 Å². The van der Waals surface area contributed by atoms with E-state index in [1.165, 1.54) is 18.4 Å². The van der Waals surface area contributed by atoms with Crippen LogP contribution in [-0.4, -0.2) is 15.6 Å². The first-order chi connectivity index (χ1) is 10.3. The summed E-state index contributed by atoms with van der Waals surface area (Å²) in [4.78, 5) is 4.52. The van der Waals surface area contributed by atoms with Crippen molar-refractivity contribution in [3.63, 3.8) is 0 Å². The van der Waals surface area contributed by atoms with E-state index in [-0.39, 0.29) is 11.5 Å². The SMILES string of the molecule is CCCn1ccnc1CC(NN)C1(c2ccccc2)CC1. The van der Waals surface area contributed by atoms with Gasteiger partial charge in [0.1, 0.15) is 5.82 Å². The number of imidazole rings is 1. The Hall–Kier alpha value is -1.65. The van der Waals surface area contributed by atoms with Gasteiger partial charge in [-0.1, -0.05) is 37.3 Å². The van der Waals surface area contributed by atoms with Crippen LogP contribution >= 0.6 is 0 Å². The maximum atomic E-state index is 5.89. The molecule has 21 heavy (non-hydrogen) atoms. The molecular weight excluding hydrogens is 260 g/mol. The van der Waals surface area contributed by atoms with Gasteiger partial charge in [-0.05, 0) is 24.8 Å². The summed E-state index contributed by atoms with van der Waals surface area (Å²) in [6.45, 7) is 3.21. The van der Waals surface area contributed by atoms with Crippen molar-refractivity contribution in [2.75, 3.05) is 0 Å². The maximum absolute atomic E-state index is 5.89. The predicted octanol–water partition coefficient (Wildman–Crippen LogP) is 2.40. The molecule has 3 N–H and O–H groups in total. The van der Waals surface area contributed by atoms with Crippen LogP contribution in [0.1, 0.15) is 37.6 Å². The van der Waals surface area contributed by atoms with Crippen molar-refractivity contribution in [3.8, 4) is 0 Å². The molecule has 1 aromatic carbocycles. The molecule has 0 radical (unpaired) electrons. The quantitative estimate of drug-likeness (QED) is 0.606. The molecule has 3 rings (SSSR count). The van der Waals surface area contributed by atoms with Crippen molar-refractivity contribution in [1.29, 1.82) is 0 Å². The molecule has 1 fully saturated rings.